The van der Waals surface area contributed by atoms with Crippen LogP contribution in [-0.2, 0) is 21.4 Å². The molecule has 0 unspecified atom stereocenters. The normalized spacial score (nSPS) is 21.4. The van der Waals surface area contributed by atoms with Crippen molar-refractivity contribution in [3.63, 3.8) is 0 Å². The molecule has 0 spiro atoms. The largest absolute Gasteiger partial charge is 0.340 e. The number of aromatic nitrogens is 1. The molecule has 25 heavy (non-hydrogen) atoms. The lowest BCUT2D eigenvalue weighted by molar-refractivity contribution is -0.138. The van der Waals surface area contributed by atoms with E-state index in [1.165, 1.54) is 16.1 Å². The molecule has 1 amide bonds. The third-order valence-corrected chi connectivity index (χ3v) is 6.39. The van der Waals surface area contributed by atoms with Gasteiger partial charge >= 0.3 is 0 Å². The Hall–Kier alpha value is -1.51. The average molecular weight is 366 g/mol. The first-order chi connectivity index (χ1) is 11.9. The highest BCUT2D eigenvalue weighted by Gasteiger charge is 2.32. The van der Waals surface area contributed by atoms with Gasteiger partial charge in [0.1, 0.15) is 0 Å². The van der Waals surface area contributed by atoms with Crippen LogP contribution in [0.15, 0.2) is 24.5 Å². The number of piperazine rings is 1. The number of amides is 1. The van der Waals surface area contributed by atoms with Crippen LogP contribution in [0.3, 0.4) is 0 Å². The molecule has 0 radical (unpaired) electrons. The van der Waals surface area contributed by atoms with E-state index in [4.69, 9.17) is 0 Å². The van der Waals surface area contributed by atoms with Crippen LogP contribution in [0.2, 0.25) is 0 Å². The first kappa shape index (κ1) is 18.3. The van der Waals surface area contributed by atoms with Crippen LogP contribution in [0.25, 0.3) is 0 Å². The lowest BCUT2D eigenvalue weighted by Gasteiger charge is -2.38. The molecule has 2 saturated heterocycles. The van der Waals surface area contributed by atoms with Gasteiger partial charge in [0.2, 0.25) is 15.9 Å². The summed E-state index contributed by atoms with van der Waals surface area (Å²) in [5.41, 5.74) is 1.19. The number of carbonyl (C=O) groups excluding carboxylic acids is 1. The Balaban J connectivity index is 1.46. The molecule has 3 heterocycles. The Bertz CT molecular complexity index is 679. The Morgan fingerprint density at radius 1 is 1.16 bits per heavy atom. The molecule has 2 fully saturated rings. The van der Waals surface area contributed by atoms with Crippen LogP contribution in [0, 0.1) is 5.92 Å². The summed E-state index contributed by atoms with van der Waals surface area (Å²) in [5, 5.41) is 0. The SMILES string of the molecule is CS(=O)(=O)N1CCC(C(=O)N2CCN(Cc3cccnc3)CC2)CC1. The Kier molecular flexibility index (Phi) is 5.71. The predicted molar refractivity (Wildman–Crippen MR) is 95.2 cm³/mol. The molecule has 0 aliphatic carbocycles. The number of pyridine rings is 1. The maximum atomic E-state index is 12.7. The maximum Gasteiger partial charge on any atom is 0.225 e. The minimum absolute atomic E-state index is 0.0390. The topological polar surface area (TPSA) is 73.8 Å². The van der Waals surface area contributed by atoms with Gasteiger partial charge in [-0.3, -0.25) is 14.7 Å². The fourth-order valence-electron chi connectivity index (χ4n) is 3.57. The Labute approximate surface area is 149 Å². The van der Waals surface area contributed by atoms with Gasteiger partial charge in [0.05, 0.1) is 6.26 Å². The van der Waals surface area contributed by atoms with E-state index in [0.29, 0.717) is 25.9 Å². The van der Waals surface area contributed by atoms with Crippen molar-refractivity contribution in [2.24, 2.45) is 5.92 Å². The summed E-state index contributed by atoms with van der Waals surface area (Å²) in [6, 6.07) is 4.01. The first-order valence-corrected chi connectivity index (χ1v) is 10.6. The van der Waals surface area contributed by atoms with Crippen molar-refractivity contribution in [1.29, 1.82) is 0 Å². The van der Waals surface area contributed by atoms with Crippen molar-refractivity contribution < 1.29 is 13.2 Å². The van der Waals surface area contributed by atoms with Crippen LogP contribution < -0.4 is 0 Å². The summed E-state index contributed by atoms with van der Waals surface area (Å²) >= 11 is 0. The minimum Gasteiger partial charge on any atom is -0.340 e. The Morgan fingerprint density at radius 2 is 1.84 bits per heavy atom. The van der Waals surface area contributed by atoms with Crippen LogP contribution >= 0.6 is 0 Å². The molecule has 3 rings (SSSR count). The van der Waals surface area contributed by atoms with Crippen LogP contribution in [0.1, 0.15) is 18.4 Å². The van der Waals surface area contributed by atoms with Gasteiger partial charge in [-0.1, -0.05) is 6.07 Å². The van der Waals surface area contributed by atoms with Crippen LogP contribution in [-0.4, -0.2) is 78.9 Å². The van der Waals surface area contributed by atoms with Gasteiger partial charge in [-0.25, -0.2) is 12.7 Å². The van der Waals surface area contributed by atoms with E-state index in [1.807, 2.05) is 17.2 Å². The number of sulfonamides is 1. The molecular formula is C17H26N4O3S. The third-order valence-electron chi connectivity index (χ3n) is 5.09. The van der Waals surface area contributed by atoms with Crippen molar-refractivity contribution in [2.75, 3.05) is 45.5 Å². The number of hydrogen-bond acceptors (Lipinski definition) is 5. The molecule has 0 saturated carbocycles. The molecule has 0 atom stereocenters. The molecule has 138 valence electrons. The van der Waals surface area contributed by atoms with Crippen molar-refractivity contribution in [3.8, 4) is 0 Å². The van der Waals surface area contributed by atoms with Gasteiger partial charge < -0.3 is 4.90 Å². The lowest BCUT2D eigenvalue weighted by Crippen LogP contribution is -2.51. The van der Waals surface area contributed by atoms with Gasteiger partial charge in [0, 0.05) is 64.1 Å². The van der Waals surface area contributed by atoms with Gasteiger partial charge in [-0.15, -0.1) is 0 Å². The van der Waals surface area contributed by atoms with Gasteiger partial charge in [-0.05, 0) is 24.5 Å². The first-order valence-electron chi connectivity index (χ1n) is 8.78. The molecule has 1 aromatic heterocycles. The summed E-state index contributed by atoms with van der Waals surface area (Å²) in [6.45, 7) is 4.98. The second-order valence-corrected chi connectivity index (χ2v) is 8.88. The number of nitrogens with zero attached hydrogens (tertiary/aromatic N) is 4. The van der Waals surface area contributed by atoms with Gasteiger partial charge in [0.25, 0.3) is 0 Å². The highest BCUT2D eigenvalue weighted by Crippen LogP contribution is 2.22. The number of carbonyl (C=O) groups is 1. The zero-order valence-electron chi connectivity index (χ0n) is 14.7. The zero-order valence-corrected chi connectivity index (χ0v) is 15.5. The molecule has 2 aliphatic heterocycles. The van der Waals surface area contributed by atoms with Crippen LogP contribution in [0.4, 0.5) is 0 Å². The Morgan fingerprint density at radius 3 is 2.40 bits per heavy atom. The predicted octanol–water partition coefficient (Wildman–Crippen LogP) is 0.397. The van der Waals surface area contributed by atoms with E-state index < -0.39 is 10.0 Å². The van der Waals surface area contributed by atoms with E-state index in [0.717, 1.165) is 32.7 Å². The molecule has 1 aromatic rings. The van der Waals surface area contributed by atoms with E-state index in [2.05, 4.69) is 16.0 Å². The van der Waals surface area contributed by atoms with E-state index in [-0.39, 0.29) is 11.8 Å². The number of hydrogen-bond donors (Lipinski definition) is 0. The van der Waals surface area contributed by atoms with Crippen molar-refractivity contribution in [2.45, 2.75) is 19.4 Å². The highest BCUT2D eigenvalue weighted by atomic mass is 32.2. The number of rotatable bonds is 4. The fourth-order valence-corrected chi connectivity index (χ4v) is 4.44. The standard InChI is InChI=1S/C17H26N4O3S/c1-25(23,24)21-7-4-16(5-8-21)17(22)20-11-9-19(10-12-20)14-15-3-2-6-18-13-15/h2-3,6,13,16H,4-5,7-12,14H2,1H3. The van der Waals surface area contributed by atoms with E-state index >= 15 is 0 Å². The molecule has 0 bridgehead atoms. The fraction of sp³-hybridized carbons (Fsp3) is 0.647. The monoisotopic (exact) mass is 366 g/mol. The van der Waals surface area contributed by atoms with Gasteiger partial charge in [-0.2, -0.15) is 0 Å². The molecule has 0 aromatic carbocycles. The van der Waals surface area contributed by atoms with Crippen molar-refractivity contribution >= 4 is 15.9 Å². The molecule has 8 heteroatoms. The molecule has 7 nitrogen and oxygen atoms in total. The molecule has 0 N–H and O–H groups in total. The zero-order chi connectivity index (χ0) is 17.9. The average Bonchev–Trinajstić information content (AvgIpc) is 2.62. The van der Waals surface area contributed by atoms with E-state index in [1.54, 1.807) is 6.20 Å². The van der Waals surface area contributed by atoms with Crippen LogP contribution in [0.5, 0.6) is 0 Å². The van der Waals surface area contributed by atoms with Gasteiger partial charge in [0.15, 0.2) is 0 Å². The second kappa shape index (κ2) is 7.80. The van der Waals surface area contributed by atoms with Crippen molar-refractivity contribution in [3.05, 3.63) is 30.1 Å². The summed E-state index contributed by atoms with van der Waals surface area (Å²) in [5.74, 6) is 0.150. The summed E-state index contributed by atoms with van der Waals surface area (Å²) in [4.78, 5) is 21.1. The maximum absolute atomic E-state index is 12.7. The summed E-state index contributed by atoms with van der Waals surface area (Å²) in [7, 11) is -3.14. The quantitative estimate of drug-likeness (QED) is 0.771. The molecule has 2 aliphatic rings. The highest BCUT2D eigenvalue weighted by molar-refractivity contribution is 7.88. The third kappa shape index (κ3) is 4.77. The smallest absolute Gasteiger partial charge is 0.225 e. The minimum atomic E-state index is -3.14. The number of piperidine rings is 1. The lowest BCUT2D eigenvalue weighted by atomic mass is 9.96. The van der Waals surface area contributed by atoms with Crippen molar-refractivity contribution in [1.82, 2.24) is 19.1 Å². The molecular weight excluding hydrogens is 340 g/mol. The summed E-state index contributed by atoms with van der Waals surface area (Å²) in [6.07, 6.45) is 6.14. The van der Waals surface area contributed by atoms with E-state index in [9.17, 15) is 13.2 Å². The summed E-state index contributed by atoms with van der Waals surface area (Å²) < 4.78 is 24.6. The second-order valence-electron chi connectivity index (χ2n) is 6.90.